The van der Waals surface area contributed by atoms with E-state index in [9.17, 15) is 14.0 Å². The normalized spacial score (nSPS) is 15.2. The largest absolute Gasteiger partial charge is 0.325 e. The third-order valence-corrected chi connectivity index (χ3v) is 4.65. The topological polar surface area (TPSA) is 64.7 Å². The van der Waals surface area contributed by atoms with Gasteiger partial charge in [0, 0.05) is 42.6 Å². The number of piperazine rings is 1. The number of hydrogen-bond donors (Lipinski definition) is 2. The van der Waals surface area contributed by atoms with E-state index in [0.717, 1.165) is 0 Å². The zero-order valence-corrected chi connectivity index (χ0v) is 16.1. The van der Waals surface area contributed by atoms with Gasteiger partial charge in [-0.15, -0.1) is 0 Å². The van der Waals surface area contributed by atoms with E-state index in [0.29, 0.717) is 42.6 Å². The van der Waals surface area contributed by atoms with Crippen molar-refractivity contribution in [3.63, 3.8) is 0 Å². The third-order valence-electron chi connectivity index (χ3n) is 4.42. The van der Waals surface area contributed by atoms with Gasteiger partial charge < -0.3 is 10.6 Å². The van der Waals surface area contributed by atoms with Crippen molar-refractivity contribution in [3.05, 3.63) is 59.4 Å². The summed E-state index contributed by atoms with van der Waals surface area (Å²) in [5.74, 6) is -0.667. The smallest absolute Gasteiger partial charge is 0.238 e. The van der Waals surface area contributed by atoms with Crippen molar-refractivity contribution in [2.24, 2.45) is 0 Å². The molecule has 0 aliphatic carbocycles. The SMILES string of the molecule is O=C(CN1CCN(CC(=O)Nc2cccc(Cl)c2)CC1)Nc1cccc(F)c1. The van der Waals surface area contributed by atoms with Crippen LogP contribution in [0.25, 0.3) is 0 Å². The van der Waals surface area contributed by atoms with Gasteiger partial charge in [-0.25, -0.2) is 4.39 Å². The van der Waals surface area contributed by atoms with Gasteiger partial charge in [0.05, 0.1) is 13.1 Å². The first kappa shape index (κ1) is 20.3. The number of carbonyl (C=O) groups excluding carboxylic acids is 2. The highest BCUT2D eigenvalue weighted by atomic mass is 35.5. The molecule has 0 saturated carbocycles. The maximum atomic E-state index is 13.2. The molecule has 2 amide bonds. The molecule has 0 radical (unpaired) electrons. The lowest BCUT2D eigenvalue weighted by molar-refractivity contribution is -0.120. The van der Waals surface area contributed by atoms with Crippen molar-refractivity contribution in [1.82, 2.24) is 9.80 Å². The molecule has 2 aromatic rings. The van der Waals surface area contributed by atoms with E-state index in [2.05, 4.69) is 10.6 Å². The van der Waals surface area contributed by atoms with E-state index in [-0.39, 0.29) is 30.7 Å². The molecule has 0 unspecified atom stereocenters. The first-order valence-electron chi connectivity index (χ1n) is 9.03. The van der Waals surface area contributed by atoms with Crippen LogP contribution in [0.15, 0.2) is 48.5 Å². The highest BCUT2D eigenvalue weighted by Gasteiger charge is 2.20. The lowest BCUT2D eigenvalue weighted by atomic mass is 10.2. The number of nitrogens with zero attached hydrogens (tertiary/aromatic N) is 2. The maximum absolute atomic E-state index is 13.2. The molecule has 6 nitrogen and oxygen atoms in total. The van der Waals surface area contributed by atoms with Crippen LogP contribution in [0.5, 0.6) is 0 Å². The molecule has 1 heterocycles. The fourth-order valence-corrected chi connectivity index (χ4v) is 3.24. The van der Waals surface area contributed by atoms with Crippen molar-refractivity contribution in [1.29, 1.82) is 0 Å². The van der Waals surface area contributed by atoms with Crippen molar-refractivity contribution >= 4 is 34.8 Å². The molecule has 0 atom stereocenters. The van der Waals surface area contributed by atoms with E-state index >= 15 is 0 Å². The summed E-state index contributed by atoms with van der Waals surface area (Å²) in [5, 5.41) is 6.10. The van der Waals surface area contributed by atoms with Crippen LogP contribution in [0.4, 0.5) is 15.8 Å². The molecule has 0 spiro atoms. The molecular formula is C20H22ClFN4O2. The first-order valence-corrected chi connectivity index (χ1v) is 9.41. The highest BCUT2D eigenvalue weighted by Crippen LogP contribution is 2.15. The zero-order chi connectivity index (χ0) is 19.9. The quantitative estimate of drug-likeness (QED) is 0.777. The summed E-state index contributed by atoms with van der Waals surface area (Å²) in [6.45, 7) is 3.27. The Balaban J connectivity index is 1.39. The van der Waals surface area contributed by atoms with Gasteiger partial charge in [0.15, 0.2) is 0 Å². The number of benzene rings is 2. The Kier molecular flexibility index (Phi) is 6.97. The number of amides is 2. The second-order valence-electron chi connectivity index (χ2n) is 6.67. The summed E-state index contributed by atoms with van der Waals surface area (Å²) >= 11 is 5.92. The summed E-state index contributed by atoms with van der Waals surface area (Å²) in [4.78, 5) is 28.4. The summed E-state index contributed by atoms with van der Waals surface area (Å²) < 4.78 is 13.2. The minimum Gasteiger partial charge on any atom is -0.325 e. The van der Waals surface area contributed by atoms with E-state index in [4.69, 9.17) is 11.6 Å². The van der Waals surface area contributed by atoms with Gasteiger partial charge in [-0.05, 0) is 36.4 Å². The van der Waals surface area contributed by atoms with Crippen LogP contribution in [0.1, 0.15) is 0 Å². The predicted molar refractivity (Wildman–Crippen MR) is 108 cm³/mol. The van der Waals surface area contributed by atoms with Crippen LogP contribution in [0.3, 0.4) is 0 Å². The van der Waals surface area contributed by atoms with Crippen LogP contribution >= 0.6 is 11.6 Å². The Hall–Kier alpha value is -2.48. The van der Waals surface area contributed by atoms with Crippen molar-refractivity contribution < 1.29 is 14.0 Å². The Labute approximate surface area is 168 Å². The predicted octanol–water partition coefficient (Wildman–Crippen LogP) is 2.67. The van der Waals surface area contributed by atoms with Gasteiger partial charge >= 0.3 is 0 Å². The number of hydrogen-bond acceptors (Lipinski definition) is 4. The van der Waals surface area contributed by atoms with Crippen LogP contribution in [0.2, 0.25) is 5.02 Å². The van der Waals surface area contributed by atoms with E-state index < -0.39 is 0 Å². The van der Waals surface area contributed by atoms with Gasteiger partial charge in [-0.3, -0.25) is 19.4 Å². The van der Waals surface area contributed by atoms with Gasteiger partial charge in [0.1, 0.15) is 5.82 Å². The molecule has 2 aromatic carbocycles. The monoisotopic (exact) mass is 404 g/mol. The minimum atomic E-state index is -0.387. The van der Waals surface area contributed by atoms with Crippen LogP contribution < -0.4 is 10.6 Å². The number of nitrogens with one attached hydrogen (secondary N) is 2. The fraction of sp³-hybridized carbons (Fsp3) is 0.300. The highest BCUT2D eigenvalue weighted by molar-refractivity contribution is 6.30. The second-order valence-corrected chi connectivity index (χ2v) is 7.11. The molecule has 1 aliphatic rings. The maximum Gasteiger partial charge on any atom is 0.238 e. The van der Waals surface area contributed by atoms with E-state index in [1.54, 1.807) is 36.4 Å². The van der Waals surface area contributed by atoms with Crippen LogP contribution in [-0.2, 0) is 9.59 Å². The van der Waals surface area contributed by atoms with E-state index in [1.807, 2.05) is 9.80 Å². The van der Waals surface area contributed by atoms with Crippen molar-refractivity contribution in [2.75, 3.05) is 49.9 Å². The van der Waals surface area contributed by atoms with E-state index in [1.165, 1.54) is 12.1 Å². The van der Waals surface area contributed by atoms with Gasteiger partial charge in [0.25, 0.3) is 0 Å². The summed E-state index contributed by atoms with van der Waals surface area (Å²) in [5.41, 5.74) is 1.12. The zero-order valence-electron chi connectivity index (χ0n) is 15.3. The molecule has 1 saturated heterocycles. The van der Waals surface area contributed by atoms with Gasteiger partial charge in [0.2, 0.25) is 11.8 Å². The molecular weight excluding hydrogens is 383 g/mol. The average Bonchev–Trinajstić information content (AvgIpc) is 2.63. The molecule has 1 aliphatic heterocycles. The lowest BCUT2D eigenvalue weighted by Crippen LogP contribution is -2.50. The lowest BCUT2D eigenvalue weighted by Gasteiger charge is -2.33. The van der Waals surface area contributed by atoms with Crippen LogP contribution in [0, 0.1) is 5.82 Å². The van der Waals surface area contributed by atoms with Crippen molar-refractivity contribution in [2.45, 2.75) is 0 Å². The molecule has 3 rings (SSSR count). The first-order chi connectivity index (χ1) is 13.5. The van der Waals surface area contributed by atoms with Crippen molar-refractivity contribution in [3.8, 4) is 0 Å². The van der Waals surface area contributed by atoms with Crippen LogP contribution in [-0.4, -0.2) is 60.9 Å². The van der Waals surface area contributed by atoms with Gasteiger partial charge in [-0.2, -0.15) is 0 Å². The molecule has 28 heavy (non-hydrogen) atoms. The molecule has 8 heteroatoms. The standard InChI is InChI=1S/C20H22ClFN4O2/c21-15-3-1-5-17(11-15)23-19(27)13-25-7-9-26(10-8-25)14-20(28)24-18-6-2-4-16(22)12-18/h1-6,11-12H,7-10,13-14H2,(H,23,27)(H,24,28). The fourth-order valence-electron chi connectivity index (χ4n) is 3.05. The molecule has 2 N–H and O–H groups in total. The summed E-state index contributed by atoms with van der Waals surface area (Å²) in [6, 6.07) is 12.8. The number of anilines is 2. The molecule has 0 bridgehead atoms. The third kappa shape index (κ3) is 6.30. The number of halogens is 2. The number of carbonyl (C=O) groups is 2. The molecule has 148 valence electrons. The number of rotatable bonds is 6. The summed E-state index contributed by atoms with van der Waals surface area (Å²) in [6.07, 6.45) is 0. The summed E-state index contributed by atoms with van der Waals surface area (Å²) in [7, 11) is 0. The molecule has 0 aromatic heterocycles. The Morgan fingerprint density at radius 2 is 1.36 bits per heavy atom. The Morgan fingerprint density at radius 3 is 1.86 bits per heavy atom. The van der Waals surface area contributed by atoms with Gasteiger partial charge in [-0.1, -0.05) is 23.7 Å². The second kappa shape index (κ2) is 9.64. The average molecular weight is 405 g/mol. The minimum absolute atomic E-state index is 0.0976. The molecule has 1 fully saturated rings. The Morgan fingerprint density at radius 1 is 0.857 bits per heavy atom. The Bertz CT molecular complexity index is 771.